The molecule has 146 valence electrons. The number of rotatable bonds is 4. The number of nitrogens with one attached hydrogen (secondary N) is 1. The lowest BCUT2D eigenvalue weighted by Gasteiger charge is -2.19. The molecule has 2 aromatic carbocycles. The molecule has 3 rings (SSSR count). The number of aromatic nitrogens is 1. The summed E-state index contributed by atoms with van der Waals surface area (Å²) in [6.45, 7) is 8.20. The molecule has 0 saturated heterocycles. The van der Waals surface area contributed by atoms with Crippen molar-refractivity contribution < 1.29 is 14.6 Å². The quantitative estimate of drug-likeness (QED) is 0.688. The van der Waals surface area contributed by atoms with E-state index >= 15 is 0 Å². The number of nitrogens with zero attached hydrogens (tertiary/aromatic N) is 1. The van der Waals surface area contributed by atoms with Gasteiger partial charge in [-0.05, 0) is 36.8 Å². The molecule has 0 aliphatic rings. The third-order valence-corrected chi connectivity index (χ3v) is 4.78. The number of benzene rings is 2. The van der Waals surface area contributed by atoms with Crippen LogP contribution in [0, 0.1) is 0 Å². The molecule has 0 bridgehead atoms. The number of methoxy groups -OCH3 is 1. The second-order valence-corrected chi connectivity index (χ2v) is 7.95. The summed E-state index contributed by atoms with van der Waals surface area (Å²) in [5, 5.41) is 13.7. The van der Waals surface area contributed by atoms with Crippen LogP contribution in [-0.2, 0) is 5.41 Å². The van der Waals surface area contributed by atoms with E-state index in [0.29, 0.717) is 16.8 Å². The highest BCUT2D eigenvalue weighted by Gasteiger charge is 2.19. The molecule has 1 amide bonds. The summed E-state index contributed by atoms with van der Waals surface area (Å²) in [4.78, 5) is 17.8. The Morgan fingerprint density at radius 1 is 1.14 bits per heavy atom. The van der Waals surface area contributed by atoms with Crippen molar-refractivity contribution in [2.24, 2.45) is 0 Å². The Kier molecular flexibility index (Phi) is 5.27. The largest absolute Gasteiger partial charge is 0.504 e. The predicted molar refractivity (Wildman–Crippen MR) is 111 cm³/mol. The second-order valence-electron chi connectivity index (χ2n) is 7.95. The normalized spacial score (nSPS) is 12.6. The van der Waals surface area contributed by atoms with Crippen LogP contribution in [0.1, 0.15) is 55.4 Å². The third-order valence-electron chi connectivity index (χ3n) is 4.78. The molecule has 5 heteroatoms. The molecule has 0 fully saturated rings. The molecule has 1 heterocycles. The van der Waals surface area contributed by atoms with Gasteiger partial charge in [0.05, 0.1) is 24.2 Å². The predicted octanol–water partition coefficient (Wildman–Crippen LogP) is 4.74. The molecule has 0 aliphatic heterocycles. The van der Waals surface area contributed by atoms with Gasteiger partial charge in [0.1, 0.15) is 0 Å². The van der Waals surface area contributed by atoms with Crippen LogP contribution in [0.25, 0.3) is 10.9 Å². The number of hydrogen-bond acceptors (Lipinski definition) is 4. The van der Waals surface area contributed by atoms with Gasteiger partial charge in [0.2, 0.25) is 0 Å². The summed E-state index contributed by atoms with van der Waals surface area (Å²) in [6.07, 6.45) is 0. The lowest BCUT2D eigenvalue weighted by Crippen LogP contribution is -2.27. The van der Waals surface area contributed by atoms with E-state index < -0.39 is 0 Å². The number of amides is 1. The zero-order valence-electron chi connectivity index (χ0n) is 16.9. The number of carbonyl (C=O) groups excluding carboxylic acids is 1. The van der Waals surface area contributed by atoms with Crippen molar-refractivity contribution in [2.45, 2.75) is 39.2 Å². The molecular weight excluding hydrogens is 352 g/mol. The van der Waals surface area contributed by atoms with Crippen LogP contribution in [0.5, 0.6) is 11.5 Å². The van der Waals surface area contributed by atoms with Crippen LogP contribution in [0.2, 0.25) is 0 Å². The highest BCUT2D eigenvalue weighted by molar-refractivity contribution is 6.05. The van der Waals surface area contributed by atoms with Gasteiger partial charge in [-0.2, -0.15) is 0 Å². The van der Waals surface area contributed by atoms with Crippen molar-refractivity contribution in [3.8, 4) is 11.5 Å². The SMILES string of the molecule is COc1cc([C@@H](C)NC(=O)c2cccc3ccc(C(C)(C)C)nc23)ccc1O. The van der Waals surface area contributed by atoms with Crippen LogP contribution < -0.4 is 10.1 Å². The van der Waals surface area contributed by atoms with E-state index in [9.17, 15) is 9.90 Å². The van der Waals surface area contributed by atoms with Crippen molar-refractivity contribution in [3.63, 3.8) is 0 Å². The van der Waals surface area contributed by atoms with Crippen LogP contribution in [-0.4, -0.2) is 23.1 Å². The number of ether oxygens (including phenoxy) is 1. The first kappa shape index (κ1) is 19.7. The molecule has 0 aliphatic carbocycles. The monoisotopic (exact) mass is 378 g/mol. The van der Waals surface area contributed by atoms with Crippen LogP contribution in [0.4, 0.5) is 0 Å². The molecule has 28 heavy (non-hydrogen) atoms. The maximum Gasteiger partial charge on any atom is 0.253 e. The maximum atomic E-state index is 13.0. The topological polar surface area (TPSA) is 71.5 Å². The minimum Gasteiger partial charge on any atom is -0.504 e. The Bertz CT molecular complexity index is 1020. The summed E-state index contributed by atoms with van der Waals surface area (Å²) in [5.41, 5.74) is 2.92. The number of hydrogen-bond donors (Lipinski definition) is 2. The second kappa shape index (κ2) is 7.50. The van der Waals surface area contributed by atoms with Gasteiger partial charge in [0.15, 0.2) is 11.5 Å². The van der Waals surface area contributed by atoms with Gasteiger partial charge >= 0.3 is 0 Å². The van der Waals surface area contributed by atoms with Crippen LogP contribution in [0.3, 0.4) is 0 Å². The van der Waals surface area contributed by atoms with Crippen LogP contribution in [0.15, 0.2) is 48.5 Å². The molecule has 0 unspecified atom stereocenters. The van der Waals surface area contributed by atoms with Crippen molar-refractivity contribution in [3.05, 3.63) is 65.4 Å². The molecule has 0 radical (unpaired) electrons. The van der Waals surface area contributed by atoms with E-state index in [1.165, 1.54) is 7.11 Å². The van der Waals surface area contributed by atoms with Gasteiger partial charge < -0.3 is 15.2 Å². The molecule has 1 aromatic heterocycles. The Balaban J connectivity index is 1.93. The first-order valence-corrected chi connectivity index (χ1v) is 9.28. The fourth-order valence-electron chi connectivity index (χ4n) is 3.07. The molecule has 5 nitrogen and oxygen atoms in total. The minimum atomic E-state index is -0.261. The van der Waals surface area contributed by atoms with E-state index in [0.717, 1.165) is 16.6 Å². The smallest absolute Gasteiger partial charge is 0.253 e. The Hall–Kier alpha value is -3.08. The molecule has 0 spiro atoms. The molecule has 0 saturated carbocycles. The molecule has 1 atom stereocenters. The summed E-state index contributed by atoms with van der Waals surface area (Å²) in [7, 11) is 1.50. The number of phenolic OH excluding ortho intramolecular Hbond substituents is 1. The van der Waals surface area contributed by atoms with Crippen molar-refractivity contribution in [2.75, 3.05) is 7.11 Å². The summed E-state index contributed by atoms with van der Waals surface area (Å²) < 4.78 is 5.16. The first-order valence-electron chi connectivity index (χ1n) is 9.28. The highest BCUT2D eigenvalue weighted by atomic mass is 16.5. The standard InChI is InChI=1S/C23H26N2O3/c1-14(16-9-11-18(26)19(13-16)28-5)24-22(27)17-8-6-7-15-10-12-20(23(2,3)4)25-21(15)17/h6-14,26H,1-5H3,(H,24,27)/t14-/m1/s1. The number of fused-ring (bicyclic) bond motifs is 1. The zero-order valence-corrected chi connectivity index (χ0v) is 16.9. The number of aromatic hydroxyl groups is 1. The molecule has 3 aromatic rings. The van der Waals surface area contributed by atoms with Gasteiger partial charge in [0, 0.05) is 16.5 Å². The number of para-hydroxylation sites is 1. The number of phenols is 1. The first-order chi connectivity index (χ1) is 13.2. The van der Waals surface area contributed by atoms with E-state index in [-0.39, 0.29) is 23.1 Å². The average Bonchev–Trinajstić information content (AvgIpc) is 2.66. The van der Waals surface area contributed by atoms with Gasteiger partial charge in [0.25, 0.3) is 5.91 Å². The van der Waals surface area contributed by atoms with E-state index in [1.807, 2.05) is 31.2 Å². The molecule has 2 N–H and O–H groups in total. The van der Waals surface area contributed by atoms with E-state index in [2.05, 4.69) is 26.1 Å². The fraction of sp³-hybridized carbons (Fsp3) is 0.304. The summed E-state index contributed by atoms with van der Waals surface area (Å²) in [5.74, 6) is 0.252. The van der Waals surface area contributed by atoms with Gasteiger partial charge in [-0.3, -0.25) is 9.78 Å². The lowest BCUT2D eigenvalue weighted by atomic mass is 9.91. The highest BCUT2D eigenvalue weighted by Crippen LogP contribution is 2.29. The van der Waals surface area contributed by atoms with Gasteiger partial charge in [-0.15, -0.1) is 0 Å². The van der Waals surface area contributed by atoms with Crippen molar-refractivity contribution >= 4 is 16.8 Å². The lowest BCUT2D eigenvalue weighted by molar-refractivity contribution is 0.0941. The third kappa shape index (κ3) is 3.93. The summed E-state index contributed by atoms with van der Waals surface area (Å²) in [6, 6.07) is 14.4. The Labute approximate surface area is 165 Å². The molecular formula is C23H26N2O3. The van der Waals surface area contributed by atoms with E-state index in [4.69, 9.17) is 9.72 Å². The zero-order chi connectivity index (χ0) is 20.5. The Morgan fingerprint density at radius 3 is 2.57 bits per heavy atom. The number of pyridine rings is 1. The van der Waals surface area contributed by atoms with Gasteiger partial charge in [-0.25, -0.2) is 0 Å². The van der Waals surface area contributed by atoms with Crippen LogP contribution >= 0.6 is 0 Å². The summed E-state index contributed by atoms with van der Waals surface area (Å²) >= 11 is 0. The number of carbonyl (C=O) groups is 1. The maximum absolute atomic E-state index is 13.0. The Morgan fingerprint density at radius 2 is 1.89 bits per heavy atom. The van der Waals surface area contributed by atoms with Crippen molar-refractivity contribution in [1.29, 1.82) is 0 Å². The fourth-order valence-corrected chi connectivity index (χ4v) is 3.07. The van der Waals surface area contributed by atoms with E-state index in [1.54, 1.807) is 24.3 Å². The minimum absolute atomic E-state index is 0.0674. The van der Waals surface area contributed by atoms with Crippen molar-refractivity contribution in [1.82, 2.24) is 10.3 Å². The average molecular weight is 378 g/mol. The van der Waals surface area contributed by atoms with Gasteiger partial charge in [-0.1, -0.05) is 45.0 Å².